The van der Waals surface area contributed by atoms with Crippen LogP contribution < -0.4 is 4.74 Å². The quantitative estimate of drug-likeness (QED) is 0.513. The second-order valence-electron chi connectivity index (χ2n) is 12.4. The molecule has 5 aliphatic rings. The molecule has 0 amide bonds. The van der Waals surface area contributed by atoms with Crippen LogP contribution in [0.5, 0.6) is 5.75 Å². The van der Waals surface area contributed by atoms with Gasteiger partial charge in [0.25, 0.3) is 0 Å². The van der Waals surface area contributed by atoms with Gasteiger partial charge in [-0.2, -0.15) is 0 Å². The summed E-state index contributed by atoms with van der Waals surface area (Å²) in [5.74, 6) is 3.82. The van der Waals surface area contributed by atoms with E-state index < -0.39 is 0 Å². The molecule has 1 aromatic rings. The summed E-state index contributed by atoms with van der Waals surface area (Å²) < 4.78 is 6.36. The van der Waals surface area contributed by atoms with Crippen molar-refractivity contribution in [2.45, 2.75) is 95.8 Å². The van der Waals surface area contributed by atoms with Crippen LogP contribution in [0, 0.1) is 29.1 Å². The van der Waals surface area contributed by atoms with Crippen LogP contribution in [-0.2, 0) is 6.54 Å². The molecule has 2 N–H and O–H groups in total. The van der Waals surface area contributed by atoms with Crippen molar-refractivity contribution in [2.75, 3.05) is 19.7 Å². The maximum atomic E-state index is 11.3. The predicted molar refractivity (Wildman–Crippen MR) is 139 cm³/mol. The number of benzene rings is 1. The molecule has 6 rings (SSSR count). The molecule has 1 aliphatic heterocycles. The Morgan fingerprint density at radius 1 is 0.943 bits per heavy atom. The van der Waals surface area contributed by atoms with Crippen LogP contribution in [0.2, 0.25) is 0 Å². The Labute approximate surface area is 211 Å². The van der Waals surface area contributed by atoms with Gasteiger partial charge < -0.3 is 14.9 Å². The van der Waals surface area contributed by atoms with E-state index >= 15 is 0 Å². The third-order valence-corrected chi connectivity index (χ3v) is 10.7. The van der Waals surface area contributed by atoms with Crippen molar-refractivity contribution in [3.8, 4) is 5.75 Å². The maximum Gasteiger partial charge on any atom is 0.119 e. The van der Waals surface area contributed by atoms with Gasteiger partial charge in [-0.1, -0.05) is 30.2 Å². The first-order valence-corrected chi connectivity index (χ1v) is 14.6. The molecular weight excluding hydrogens is 434 g/mol. The number of hydrogen-bond acceptors (Lipinski definition) is 4. The number of ether oxygens (including phenoxy) is 1. The van der Waals surface area contributed by atoms with Gasteiger partial charge in [0.05, 0.1) is 18.8 Å². The van der Waals surface area contributed by atoms with Gasteiger partial charge in [0, 0.05) is 12.0 Å². The summed E-state index contributed by atoms with van der Waals surface area (Å²) in [6.45, 7) is 4.17. The van der Waals surface area contributed by atoms with Crippen molar-refractivity contribution < 1.29 is 14.9 Å². The van der Waals surface area contributed by atoms with Gasteiger partial charge in [-0.3, -0.25) is 4.90 Å². The number of likely N-dealkylation sites (tertiary alicyclic amines) is 1. The van der Waals surface area contributed by atoms with Crippen LogP contribution >= 0.6 is 0 Å². The molecule has 1 aromatic carbocycles. The largest absolute Gasteiger partial charge is 0.494 e. The smallest absolute Gasteiger partial charge is 0.119 e. The molecule has 0 aromatic heterocycles. The Morgan fingerprint density at radius 3 is 2.71 bits per heavy atom. The lowest BCUT2D eigenvalue weighted by molar-refractivity contribution is -0.0763. The highest BCUT2D eigenvalue weighted by Gasteiger charge is 2.57. The fourth-order valence-corrected chi connectivity index (χ4v) is 9.04. The molecular formula is C31H45NO3. The number of hydrogen-bond donors (Lipinski definition) is 2. The third-order valence-electron chi connectivity index (χ3n) is 10.7. The van der Waals surface area contributed by atoms with Crippen LogP contribution in [0.25, 0.3) is 0 Å². The summed E-state index contributed by atoms with van der Waals surface area (Å²) in [5, 5.41) is 21.4. The lowest BCUT2D eigenvalue weighted by Crippen LogP contribution is -2.49. The van der Waals surface area contributed by atoms with Gasteiger partial charge in [-0.05, 0) is 125 Å². The topological polar surface area (TPSA) is 52.9 Å². The Morgan fingerprint density at radius 2 is 1.83 bits per heavy atom. The number of fused-ring (bicyclic) bond motifs is 5. The molecule has 192 valence electrons. The SMILES string of the molecule is OC1C=C2CCC3C(CC[C@@]4(CCOc5cccc(CN6CCCCC6)c5)C3CC[C@@H]4O)C2CC1. The molecule has 4 heteroatoms. The minimum Gasteiger partial charge on any atom is -0.494 e. The number of piperidine rings is 1. The van der Waals surface area contributed by atoms with Gasteiger partial charge >= 0.3 is 0 Å². The molecule has 4 fully saturated rings. The summed E-state index contributed by atoms with van der Waals surface area (Å²) in [6, 6.07) is 8.70. The molecule has 4 aliphatic carbocycles. The third kappa shape index (κ3) is 4.71. The molecule has 5 unspecified atom stereocenters. The average Bonchev–Trinajstić information content (AvgIpc) is 3.21. The minimum absolute atomic E-state index is 0.0436. The summed E-state index contributed by atoms with van der Waals surface area (Å²) in [7, 11) is 0. The van der Waals surface area contributed by atoms with Gasteiger partial charge in [-0.25, -0.2) is 0 Å². The van der Waals surface area contributed by atoms with Gasteiger partial charge in [-0.15, -0.1) is 0 Å². The average molecular weight is 480 g/mol. The van der Waals surface area contributed by atoms with Gasteiger partial charge in [0.1, 0.15) is 5.75 Å². The van der Waals surface area contributed by atoms with Crippen LogP contribution in [0.15, 0.2) is 35.9 Å². The summed E-state index contributed by atoms with van der Waals surface area (Å²) in [5.41, 5.74) is 2.94. The van der Waals surface area contributed by atoms with Crippen LogP contribution in [0.3, 0.4) is 0 Å². The van der Waals surface area contributed by atoms with Crippen LogP contribution in [0.1, 0.15) is 82.6 Å². The number of allylic oxidation sites excluding steroid dienone is 1. The standard InChI is InChI=1S/C31H45NO3/c33-24-8-10-26-23(20-24)7-9-28-27(26)13-14-31(29(28)11-12-30(31)34)15-18-35-25-6-4-5-22(19-25)21-32-16-2-1-3-17-32/h4-6,19-20,24,26-30,33-34H,1-3,7-18,21H2/t24?,26?,27?,28?,29?,30-,31+/m0/s1. The van der Waals surface area contributed by atoms with Crippen LogP contribution in [-0.4, -0.2) is 47.0 Å². The maximum absolute atomic E-state index is 11.3. The Bertz CT molecular complexity index is 908. The van der Waals surface area contributed by atoms with E-state index in [2.05, 4.69) is 35.2 Å². The molecule has 0 radical (unpaired) electrons. The van der Waals surface area contributed by atoms with Gasteiger partial charge in [0.15, 0.2) is 0 Å². The molecule has 1 saturated heterocycles. The Kier molecular flexibility index (Phi) is 6.99. The first-order valence-electron chi connectivity index (χ1n) is 14.6. The Balaban J connectivity index is 1.10. The van der Waals surface area contributed by atoms with Crippen molar-refractivity contribution in [3.05, 3.63) is 41.5 Å². The fraction of sp³-hybridized carbons (Fsp3) is 0.742. The van der Waals surface area contributed by atoms with E-state index in [-0.39, 0.29) is 17.6 Å². The van der Waals surface area contributed by atoms with E-state index in [1.165, 1.54) is 57.2 Å². The zero-order chi connectivity index (χ0) is 23.8. The van der Waals surface area contributed by atoms with E-state index in [9.17, 15) is 10.2 Å². The molecule has 7 atom stereocenters. The van der Waals surface area contributed by atoms with Crippen LogP contribution in [0.4, 0.5) is 0 Å². The normalized spacial score (nSPS) is 39.3. The lowest BCUT2D eigenvalue weighted by Gasteiger charge is -2.54. The summed E-state index contributed by atoms with van der Waals surface area (Å²) >= 11 is 0. The number of nitrogens with zero attached hydrogens (tertiary/aromatic N) is 1. The molecule has 1 heterocycles. The zero-order valence-corrected chi connectivity index (χ0v) is 21.4. The van der Waals surface area contributed by atoms with E-state index in [1.54, 1.807) is 5.57 Å². The monoisotopic (exact) mass is 479 g/mol. The minimum atomic E-state index is -0.218. The first kappa shape index (κ1) is 24.0. The highest BCUT2D eigenvalue weighted by Crippen LogP contribution is 2.63. The second kappa shape index (κ2) is 10.2. The van der Waals surface area contributed by atoms with E-state index in [1.807, 2.05) is 0 Å². The second-order valence-corrected chi connectivity index (χ2v) is 12.4. The number of aliphatic hydroxyl groups excluding tert-OH is 2. The first-order chi connectivity index (χ1) is 17.1. The highest BCUT2D eigenvalue weighted by atomic mass is 16.5. The lowest BCUT2D eigenvalue weighted by atomic mass is 9.51. The van der Waals surface area contributed by atoms with E-state index in [4.69, 9.17) is 4.74 Å². The molecule has 0 spiro atoms. The van der Waals surface area contributed by atoms with Crippen molar-refractivity contribution in [1.29, 1.82) is 0 Å². The van der Waals surface area contributed by atoms with Crippen molar-refractivity contribution in [3.63, 3.8) is 0 Å². The highest BCUT2D eigenvalue weighted by molar-refractivity contribution is 5.28. The fourth-order valence-electron chi connectivity index (χ4n) is 9.04. The predicted octanol–water partition coefficient (Wildman–Crippen LogP) is 5.72. The summed E-state index contributed by atoms with van der Waals surface area (Å²) in [4.78, 5) is 2.57. The number of rotatable bonds is 6. The molecule has 0 bridgehead atoms. The molecule has 35 heavy (non-hydrogen) atoms. The molecule has 3 saturated carbocycles. The summed E-state index contributed by atoms with van der Waals surface area (Å²) in [6.07, 6.45) is 15.8. The Hall–Kier alpha value is -1.36. The van der Waals surface area contributed by atoms with E-state index in [0.717, 1.165) is 62.7 Å². The molecule has 4 nitrogen and oxygen atoms in total. The van der Waals surface area contributed by atoms with Gasteiger partial charge in [0.2, 0.25) is 0 Å². The van der Waals surface area contributed by atoms with Crippen molar-refractivity contribution in [1.82, 2.24) is 4.90 Å². The van der Waals surface area contributed by atoms with Crippen molar-refractivity contribution >= 4 is 0 Å². The van der Waals surface area contributed by atoms with E-state index in [0.29, 0.717) is 18.4 Å². The van der Waals surface area contributed by atoms with Crippen molar-refractivity contribution in [2.24, 2.45) is 29.1 Å². The number of aliphatic hydroxyl groups is 2. The zero-order valence-electron chi connectivity index (χ0n) is 21.4.